The van der Waals surface area contributed by atoms with Crippen molar-refractivity contribution >= 4 is 23.4 Å². The summed E-state index contributed by atoms with van der Waals surface area (Å²) < 4.78 is 27.1. The number of thioether (sulfide) groups is 1. The summed E-state index contributed by atoms with van der Waals surface area (Å²) in [6, 6.07) is 2.10. The first kappa shape index (κ1) is 15.1. The molecular formula is C13H17F2N3OS. The van der Waals surface area contributed by atoms with Gasteiger partial charge in [0.05, 0.1) is 5.69 Å². The number of rotatable bonds is 4. The lowest BCUT2D eigenvalue weighted by atomic mass is 10.1. The maximum atomic E-state index is 13.7. The molecule has 1 aliphatic rings. The SMILES string of the molecule is Nc1ccc(F)c(C(=O)NCCN2CCSCC2)c1F. The summed E-state index contributed by atoms with van der Waals surface area (Å²) in [5.41, 5.74) is 4.50. The van der Waals surface area contributed by atoms with Crippen LogP contribution in [0.15, 0.2) is 12.1 Å². The predicted octanol–water partition coefficient (Wildman–Crippen LogP) is 1.33. The van der Waals surface area contributed by atoms with Gasteiger partial charge in [0.15, 0.2) is 5.82 Å². The number of benzene rings is 1. The van der Waals surface area contributed by atoms with Crippen molar-refractivity contribution in [2.45, 2.75) is 0 Å². The highest BCUT2D eigenvalue weighted by molar-refractivity contribution is 7.99. The summed E-state index contributed by atoms with van der Waals surface area (Å²) in [6.45, 7) is 2.98. The first-order valence-corrected chi connectivity index (χ1v) is 7.57. The highest BCUT2D eigenvalue weighted by atomic mass is 32.2. The Morgan fingerprint density at radius 2 is 2.05 bits per heavy atom. The van der Waals surface area contributed by atoms with Gasteiger partial charge in [-0.15, -0.1) is 0 Å². The molecule has 2 rings (SSSR count). The largest absolute Gasteiger partial charge is 0.396 e. The molecule has 0 aliphatic carbocycles. The fourth-order valence-electron chi connectivity index (χ4n) is 2.02. The summed E-state index contributed by atoms with van der Waals surface area (Å²) in [5, 5.41) is 2.53. The van der Waals surface area contributed by atoms with Crippen molar-refractivity contribution in [1.82, 2.24) is 10.2 Å². The molecule has 1 fully saturated rings. The van der Waals surface area contributed by atoms with Gasteiger partial charge in [0.1, 0.15) is 11.4 Å². The van der Waals surface area contributed by atoms with Crippen molar-refractivity contribution in [2.24, 2.45) is 0 Å². The second kappa shape index (κ2) is 6.90. The van der Waals surface area contributed by atoms with E-state index in [0.717, 1.165) is 36.7 Å². The molecule has 0 aromatic heterocycles. The number of carbonyl (C=O) groups excluding carboxylic acids is 1. The Morgan fingerprint density at radius 1 is 1.35 bits per heavy atom. The van der Waals surface area contributed by atoms with Crippen molar-refractivity contribution in [2.75, 3.05) is 43.4 Å². The number of nitrogens with zero attached hydrogens (tertiary/aromatic N) is 1. The van der Waals surface area contributed by atoms with Crippen LogP contribution in [0, 0.1) is 11.6 Å². The standard InChI is InChI=1S/C13H17F2N3OS/c14-9-1-2-10(16)12(15)11(9)13(19)17-3-4-18-5-7-20-8-6-18/h1-2H,3-8,16H2,(H,17,19). The Labute approximate surface area is 120 Å². The summed E-state index contributed by atoms with van der Waals surface area (Å²) in [4.78, 5) is 14.0. The van der Waals surface area contributed by atoms with Crippen LogP contribution < -0.4 is 11.1 Å². The van der Waals surface area contributed by atoms with Gasteiger partial charge >= 0.3 is 0 Å². The molecule has 1 heterocycles. The summed E-state index contributed by atoms with van der Waals surface area (Å²) in [7, 11) is 0. The van der Waals surface area contributed by atoms with Crippen molar-refractivity contribution in [3.05, 3.63) is 29.3 Å². The molecule has 7 heteroatoms. The number of halogens is 2. The zero-order valence-corrected chi connectivity index (χ0v) is 11.8. The summed E-state index contributed by atoms with van der Waals surface area (Å²) in [6.07, 6.45) is 0. The highest BCUT2D eigenvalue weighted by Crippen LogP contribution is 2.18. The smallest absolute Gasteiger partial charge is 0.257 e. The predicted molar refractivity (Wildman–Crippen MR) is 76.9 cm³/mol. The average molecular weight is 301 g/mol. The van der Waals surface area contributed by atoms with E-state index in [1.54, 1.807) is 0 Å². The topological polar surface area (TPSA) is 58.4 Å². The molecule has 0 saturated carbocycles. The minimum absolute atomic E-state index is 0.232. The van der Waals surface area contributed by atoms with Crippen LogP contribution in [-0.4, -0.2) is 48.5 Å². The highest BCUT2D eigenvalue weighted by Gasteiger charge is 2.19. The van der Waals surface area contributed by atoms with Crippen LogP contribution >= 0.6 is 11.8 Å². The molecule has 20 heavy (non-hydrogen) atoms. The van der Waals surface area contributed by atoms with Gasteiger partial charge in [-0.25, -0.2) is 8.78 Å². The van der Waals surface area contributed by atoms with Crippen LogP contribution in [0.25, 0.3) is 0 Å². The monoisotopic (exact) mass is 301 g/mol. The van der Waals surface area contributed by atoms with Gasteiger partial charge in [-0.2, -0.15) is 11.8 Å². The molecule has 0 spiro atoms. The van der Waals surface area contributed by atoms with E-state index < -0.39 is 23.1 Å². The Kier molecular flexibility index (Phi) is 5.19. The number of nitrogen functional groups attached to an aromatic ring is 1. The molecule has 0 atom stereocenters. The van der Waals surface area contributed by atoms with Crippen LogP contribution in [-0.2, 0) is 0 Å². The van der Waals surface area contributed by atoms with E-state index in [1.165, 1.54) is 0 Å². The molecule has 1 saturated heterocycles. The lowest BCUT2D eigenvalue weighted by Crippen LogP contribution is -2.39. The van der Waals surface area contributed by atoms with E-state index in [2.05, 4.69) is 10.2 Å². The van der Waals surface area contributed by atoms with Gasteiger partial charge < -0.3 is 11.1 Å². The zero-order valence-electron chi connectivity index (χ0n) is 11.0. The van der Waals surface area contributed by atoms with Crippen molar-refractivity contribution < 1.29 is 13.6 Å². The second-order valence-electron chi connectivity index (χ2n) is 4.54. The zero-order chi connectivity index (χ0) is 14.5. The molecule has 4 nitrogen and oxygen atoms in total. The van der Waals surface area contributed by atoms with E-state index in [1.807, 2.05) is 11.8 Å². The number of hydrogen-bond donors (Lipinski definition) is 2. The number of nitrogens with two attached hydrogens (primary N) is 1. The second-order valence-corrected chi connectivity index (χ2v) is 5.76. The number of hydrogen-bond acceptors (Lipinski definition) is 4. The van der Waals surface area contributed by atoms with E-state index in [9.17, 15) is 13.6 Å². The van der Waals surface area contributed by atoms with E-state index >= 15 is 0 Å². The van der Waals surface area contributed by atoms with Gasteiger partial charge in [0, 0.05) is 37.7 Å². The molecule has 1 aromatic carbocycles. The fourth-order valence-corrected chi connectivity index (χ4v) is 3.00. The van der Waals surface area contributed by atoms with Crippen LogP contribution in [0.4, 0.5) is 14.5 Å². The van der Waals surface area contributed by atoms with E-state index in [4.69, 9.17) is 5.73 Å². The molecular weight excluding hydrogens is 284 g/mol. The van der Waals surface area contributed by atoms with Crippen molar-refractivity contribution in [3.63, 3.8) is 0 Å². The average Bonchev–Trinajstić information content (AvgIpc) is 2.44. The van der Waals surface area contributed by atoms with Gasteiger partial charge in [0.2, 0.25) is 0 Å². The minimum Gasteiger partial charge on any atom is -0.396 e. The molecule has 1 aliphatic heterocycles. The molecule has 0 unspecified atom stereocenters. The van der Waals surface area contributed by atoms with Crippen molar-refractivity contribution in [3.8, 4) is 0 Å². The third-order valence-electron chi connectivity index (χ3n) is 3.17. The third kappa shape index (κ3) is 3.61. The normalized spacial score (nSPS) is 16.1. The Balaban J connectivity index is 1.90. The lowest BCUT2D eigenvalue weighted by molar-refractivity contribution is 0.0940. The maximum Gasteiger partial charge on any atom is 0.257 e. The molecule has 3 N–H and O–H groups in total. The third-order valence-corrected chi connectivity index (χ3v) is 4.11. The lowest BCUT2D eigenvalue weighted by Gasteiger charge is -2.26. The Hall–Kier alpha value is -1.34. The number of nitrogens with one attached hydrogen (secondary N) is 1. The van der Waals surface area contributed by atoms with Gasteiger partial charge in [-0.05, 0) is 12.1 Å². The maximum absolute atomic E-state index is 13.7. The molecule has 1 amide bonds. The van der Waals surface area contributed by atoms with Gasteiger partial charge in [0.25, 0.3) is 5.91 Å². The van der Waals surface area contributed by atoms with Crippen LogP contribution in [0.3, 0.4) is 0 Å². The Bertz CT molecular complexity index is 493. The quantitative estimate of drug-likeness (QED) is 0.824. The van der Waals surface area contributed by atoms with Crippen molar-refractivity contribution in [1.29, 1.82) is 0 Å². The first-order valence-electron chi connectivity index (χ1n) is 6.41. The number of amides is 1. The summed E-state index contributed by atoms with van der Waals surface area (Å²) in [5.74, 6) is -0.516. The van der Waals surface area contributed by atoms with Gasteiger partial charge in [-0.3, -0.25) is 9.69 Å². The van der Waals surface area contributed by atoms with Crippen LogP contribution in [0.5, 0.6) is 0 Å². The van der Waals surface area contributed by atoms with Gasteiger partial charge in [-0.1, -0.05) is 0 Å². The van der Waals surface area contributed by atoms with E-state index in [0.29, 0.717) is 13.1 Å². The Morgan fingerprint density at radius 3 is 2.75 bits per heavy atom. The first-order chi connectivity index (χ1) is 9.59. The summed E-state index contributed by atoms with van der Waals surface area (Å²) >= 11 is 1.90. The number of carbonyl (C=O) groups is 1. The van der Waals surface area contributed by atoms with Crippen LogP contribution in [0.1, 0.15) is 10.4 Å². The molecule has 110 valence electrons. The number of anilines is 1. The fraction of sp³-hybridized carbons (Fsp3) is 0.462. The minimum atomic E-state index is -1.00. The van der Waals surface area contributed by atoms with E-state index in [-0.39, 0.29) is 5.69 Å². The van der Waals surface area contributed by atoms with Crippen LogP contribution in [0.2, 0.25) is 0 Å². The molecule has 0 bridgehead atoms. The molecule has 0 radical (unpaired) electrons. The molecule has 1 aromatic rings.